The first-order valence-electron chi connectivity index (χ1n) is 6.21. The average molecular weight is 288 g/mol. The van der Waals surface area contributed by atoms with Crippen LogP contribution in [-0.4, -0.2) is 31.8 Å². The van der Waals surface area contributed by atoms with E-state index in [0.29, 0.717) is 12.2 Å². The van der Waals surface area contributed by atoms with Gasteiger partial charge in [0.05, 0.1) is 0 Å². The van der Waals surface area contributed by atoms with Crippen LogP contribution in [0.15, 0.2) is 18.2 Å². The molecule has 20 heavy (non-hydrogen) atoms. The van der Waals surface area contributed by atoms with Crippen LogP contribution in [0.25, 0.3) is 0 Å². The molecular formula is C13H15F3N2O2. The first kappa shape index (κ1) is 14.8. The van der Waals surface area contributed by atoms with Crippen LogP contribution in [0, 0.1) is 0 Å². The second-order valence-electron chi connectivity index (χ2n) is 4.53. The zero-order valence-corrected chi connectivity index (χ0v) is 10.7. The first-order valence-corrected chi connectivity index (χ1v) is 6.21. The lowest BCUT2D eigenvalue weighted by molar-refractivity contribution is -0.174. The summed E-state index contributed by atoms with van der Waals surface area (Å²) in [6.07, 6.45) is -3.56. The minimum atomic E-state index is -4.42. The summed E-state index contributed by atoms with van der Waals surface area (Å²) in [5, 5.41) is 5.77. The van der Waals surface area contributed by atoms with Gasteiger partial charge in [-0.15, -0.1) is 0 Å². The van der Waals surface area contributed by atoms with Crippen molar-refractivity contribution in [2.24, 2.45) is 0 Å². The summed E-state index contributed by atoms with van der Waals surface area (Å²) in [5.74, 6) is -0.590. The zero-order chi connectivity index (χ0) is 14.6. The van der Waals surface area contributed by atoms with E-state index in [1.54, 1.807) is 6.07 Å². The molecular weight excluding hydrogens is 273 g/mol. The standard InChI is InChI=1S/C13H15F3N2O2/c14-13(15,16)8-20-7-12(19)18-11-3-1-2-9-4-5-17-6-10(9)11/h1-3,17H,4-8H2,(H,18,19). The molecule has 0 saturated heterocycles. The molecule has 0 aromatic heterocycles. The molecule has 0 bridgehead atoms. The fraction of sp³-hybridized carbons (Fsp3) is 0.462. The van der Waals surface area contributed by atoms with Crippen LogP contribution >= 0.6 is 0 Å². The predicted octanol–water partition coefficient (Wildman–Crippen LogP) is 1.85. The number of ether oxygens (including phenoxy) is 1. The highest BCUT2D eigenvalue weighted by Crippen LogP contribution is 2.22. The Morgan fingerprint density at radius 2 is 2.20 bits per heavy atom. The number of carbonyl (C=O) groups is 1. The van der Waals surface area contributed by atoms with E-state index in [1.807, 2.05) is 12.1 Å². The number of fused-ring (bicyclic) bond motifs is 1. The maximum Gasteiger partial charge on any atom is 0.411 e. The molecule has 1 aromatic carbocycles. The molecule has 110 valence electrons. The van der Waals surface area contributed by atoms with Gasteiger partial charge >= 0.3 is 6.18 Å². The Morgan fingerprint density at radius 3 is 2.95 bits per heavy atom. The van der Waals surface area contributed by atoms with Gasteiger partial charge in [-0.2, -0.15) is 13.2 Å². The fourth-order valence-corrected chi connectivity index (χ4v) is 2.08. The van der Waals surface area contributed by atoms with Gasteiger partial charge in [0, 0.05) is 12.2 Å². The molecule has 1 aliphatic heterocycles. The molecule has 1 amide bonds. The van der Waals surface area contributed by atoms with Crippen molar-refractivity contribution < 1.29 is 22.7 Å². The number of alkyl halides is 3. The Hall–Kier alpha value is -1.60. The van der Waals surface area contributed by atoms with E-state index in [4.69, 9.17) is 0 Å². The van der Waals surface area contributed by atoms with Crippen LogP contribution in [0.2, 0.25) is 0 Å². The summed E-state index contributed by atoms with van der Waals surface area (Å²) in [7, 11) is 0. The van der Waals surface area contributed by atoms with E-state index in [-0.39, 0.29) is 0 Å². The predicted molar refractivity (Wildman–Crippen MR) is 67.4 cm³/mol. The molecule has 0 spiro atoms. The van der Waals surface area contributed by atoms with Gasteiger partial charge in [-0.05, 0) is 30.2 Å². The first-order chi connectivity index (χ1) is 9.46. The quantitative estimate of drug-likeness (QED) is 0.889. The van der Waals surface area contributed by atoms with Crippen molar-refractivity contribution in [1.82, 2.24) is 5.32 Å². The van der Waals surface area contributed by atoms with Crippen molar-refractivity contribution in [1.29, 1.82) is 0 Å². The molecule has 1 aliphatic rings. The largest absolute Gasteiger partial charge is 0.411 e. The zero-order valence-electron chi connectivity index (χ0n) is 10.7. The van der Waals surface area contributed by atoms with Crippen LogP contribution in [0.1, 0.15) is 11.1 Å². The summed E-state index contributed by atoms with van der Waals surface area (Å²) >= 11 is 0. The van der Waals surface area contributed by atoms with Crippen LogP contribution in [-0.2, 0) is 22.5 Å². The van der Waals surface area contributed by atoms with Gasteiger partial charge in [0.25, 0.3) is 0 Å². The van der Waals surface area contributed by atoms with Crippen molar-refractivity contribution in [2.75, 3.05) is 25.1 Å². The smallest absolute Gasteiger partial charge is 0.362 e. The second kappa shape index (κ2) is 6.23. The summed E-state index contributed by atoms with van der Waals surface area (Å²) in [5.41, 5.74) is 2.73. The maximum atomic E-state index is 11.9. The fourth-order valence-electron chi connectivity index (χ4n) is 2.08. The monoisotopic (exact) mass is 288 g/mol. The number of benzene rings is 1. The molecule has 0 atom stereocenters. The number of amides is 1. The van der Waals surface area contributed by atoms with Gasteiger partial charge in [-0.1, -0.05) is 12.1 Å². The van der Waals surface area contributed by atoms with E-state index >= 15 is 0 Å². The third-order valence-corrected chi connectivity index (χ3v) is 2.92. The van der Waals surface area contributed by atoms with Gasteiger partial charge in [0.1, 0.15) is 13.2 Å². The Morgan fingerprint density at radius 1 is 1.40 bits per heavy atom. The highest BCUT2D eigenvalue weighted by atomic mass is 19.4. The van der Waals surface area contributed by atoms with E-state index in [9.17, 15) is 18.0 Å². The molecule has 7 heteroatoms. The third-order valence-electron chi connectivity index (χ3n) is 2.92. The Kier molecular flexibility index (Phi) is 4.61. The highest BCUT2D eigenvalue weighted by Gasteiger charge is 2.27. The molecule has 0 aliphatic carbocycles. The van der Waals surface area contributed by atoms with Gasteiger partial charge < -0.3 is 15.4 Å². The summed E-state index contributed by atoms with van der Waals surface area (Å²) in [6, 6.07) is 5.52. The van der Waals surface area contributed by atoms with E-state index < -0.39 is 25.3 Å². The number of carbonyl (C=O) groups excluding carboxylic acids is 1. The Balaban J connectivity index is 1.91. The third kappa shape index (κ3) is 4.21. The maximum absolute atomic E-state index is 11.9. The lowest BCUT2D eigenvalue weighted by Crippen LogP contribution is -2.27. The topological polar surface area (TPSA) is 50.4 Å². The highest BCUT2D eigenvalue weighted by molar-refractivity contribution is 5.92. The molecule has 0 radical (unpaired) electrons. The normalized spacial score (nSPS) is 14.8. The van der Waals surface area contributed by atoms with Crippen molar-refractivity contribution >= 4 is 11.6 Å². The van der Waals surface area contributed by atoms with E-state index in [2.05, 4.69) is 15.4 Å². The summed E-state index contributed by atoms with van der Waals surface area (Å²) in [4.78, 5) is 11.6. The lowest BCUT2D eigenvalue weighted by atomic mass is 9.99. The molecule has 1 heterocycles. The Labute approximate surface area is 114 Å². The molecule has 2 rings (SSSR count). The van der Waals surface area contributed by atoms with Gasteiger partial charge in [-0.25, -0.2) is 0 Å². The molecule has 2 N–H and O–H groups in total. The SMILES string of the molecule is O=C(COCC(F)(F)F)Nc1cccc2c1CNCC2. The van der Waals surface area contributed by atoms with Crippen LogP contribution in [0.3, 0.4) is 0 Å². The van der Waals surface area contributed by atoms with Crippen molar-refractivity contribution in [3.63, 3.8) is 0 Å². The summed E-state index contributed by atoms with van der Waals surface area (Å²) in [6.45, 7) is -0.528. The second-order valence-corrected chi connectivity index (χ2v) is 4.53. The van der Waals surface area contributed by atoms with Gasteiger partial charge in [0.2, 0.25) is 5.91 Å². The number of anilines is 1. The van der Waals surface area contributed by atoms with Crippen LogP contribution < -0.4 is 10.6 Å². The number of rotatable bonds is 4. The number of hydrogen-bond donors (Lipinski definition) is 2. The lowest BCUT2D eigenvalue weighted by Gasteiger charge is -2.20. The van der Waals surface area contributed by atoms with Crippen molar-refractivity contribution in [2.45, 2.75) is 19.1 Å². The molecule has 1 aromatic rings. The average Bonchev–Trinajstić information content (AvgIpc) is 2.37. The van der Waals surface area contributed by atoms with Gasteiger partial charge in [-0.3, -0.25) is 4.79 Å². The van der Waals surface area contributed by atoms with Crippen LogP contribution in [0.5, 0.6) is 0 Å². The number of halogens is 3. The van der Waals surface area contributed by atoms with Crippen molar-refractivity contribution in [3.8, 4) is 0 Å². The summed E-state index contributed by atoms with van der Waals surface area (Å²) < 4.78 is 40.0. The minimum absolute atomic E-state index is 0.590. The number of hydrogen-bond acceptors (Lipinski definition) is 3. The number of nitrogens with one attached hydrogen (secondary N) is 2. The Bertz CT molecular complexity index is 489. The minimum Gasteiger partial charge on any atom is -0.362 e. The van der Waals surface area contributed by atoms with Gasteiger partial charge in [0.15, 0.2) is 0 Å². The van der Waals surface area contributed by atoms with E-state index in [0.717, 1.165) is 24.1 Å². The molecule has 0 unspecified atom stereocenters. The molecule has 0 fully saturated rings. The van der Waals surface area contributed by atoms with Crippen molar-refractivity contribution in [3.05, 3.63) is 29.3 Å². The molecule has 4 nitrogen and oxygen atoms in total. The molecule has 0 saturated carbocycles. The van der Waals surface area contributed by atoms with E-state index in [1.165, 1.54) is 0 Å². The van der Waals surface area contributed by atoms with Crippen LogP contribution in [0.4, 0.5) is 18.9 Å².